The van der Waals surface area contributed by atoms with E-state index in [2.05, 4.69) is 4.98 Å². The highest BCUT2D eigenvalue weighted by Crippen LogP contribution is 2.28. The van der Waals surface area contributed by atoms with Gasteiger partial charge in [-0.05, 0) is 31.0 Å². The molecule has 2 saturated heterocycles. The van der Waals surface area contributed by atoms with Gasteiger partial charge in [0.2, 0.25) is 5.91 Å². The van der Waals surface area contributed by atoms with Crippen molar-refractivity contribution in [1.29, 1.82) is 0 Å². The number of halogens is 2. The van der Waals surface area contributed by atoms with Crippen molar-refractivity contribution in [3.63, 3.8) is 0 Å². The molecule has 1 aromatic carbocycles. The highest BCUT2D eigenvalue weighted by atomic mass is 35.5. The van der Waals surface area contributed by atoms with Crippen LogP contribution >= 0.6 is 11.6 Å². The number of likely N-dealkylation sites (tertiary alicyclic amines) is 2. The van der Waals surface area contributed by atoms with E-state index in [-0.39, 0.29) is 28.8 Å². The number of nitrogens with zero attached hydrogens (tertiary/aromatic N) is 2. The van der Waals surface area contributed by atoms with E-state index in [0.29, 0.717) is 49.2 Å². The van der Waals surface area contributed by atoms with Crippen molar-refractivity contribution in [1.82, 2.24) is 14.8 Å². The number of benzene rings is 1. The fraction of sp³-hybridized carbons (Fsp3) is 0.444. The number of aromatic amines is 1. The molecule has 6 nitrogen and oxygen atoms in total. The molecule has 2 atom stereocenters. The van der Waals surface area contributed by atoms with Crippen molar-refractivity contribution < 1.29 is 14.0 Å². The molecule has 3 heterocycles. The summed E-state index contributed by atoms with van der Waals surface area (Å²) in [7, 11) is 0. The van der Waals surface area contributed by atoms with Gasteiger partial charge >= 0.3 is 0 Å². The maximum absolute atomic E-state index is 13.6. The number of fused-ring (bicyclic) bond motifs is 1. The third-order valence-electron chi connectivity index (χ3n) is 5.28. The molecule has 2 aromatic rings. The van der Waals surface area contributed by atoms with Gasteiger partial charge in [0.25, 0.3) is 5.91 Å². The summed E-state index contributed by atoms with van der Waals surface area (Å²) in [5.41, 5.74) is 6.83. The second kappa shape index (κ2) is 6.55. The molecule has 2 aliphatic heterocycles. The van der Waals surface area contributed by atoms with Crippen LogP contribution in [0.5, 0.6) is 0 Å². The minimum atomic E-state index is -0.521. The monoisotopic (exact) mass is 378 g/mol. The Bertz CT molecular complexity index is 883. The van der Waals surface area contributed by atoms with Crippen LogP contribution in [0.15, 0.2) is 18.2 Å². The van der Waals surface area contributed by atoms with Crippen molar-refractivity contribution in [3.8, 4) is 0 Å². The van der Waals surface area contributed by atoms with E-state index in [1.54, 1.807) is 21.9 Å². The fourth-order valence-corrected chi connectivity index (χ4v) is 4.04. The summed E-state index contributed by atoms with van der Waals surface area (Å²) in [5.74, 6) is -0.830. The Labute approximate surface area is 155 Å². The molecule has 0 spiro atoms. The zero-order valence-corrected chi connectivity index (χ0v) is 14.9. The number of nitrogens with one attached hydrogen (secondary N) is 1. The minimum absolute atomic E-state index is 0.00218. The summed E-state index contributed by atoms with van der Waals surface area (Å²) in [5, 5.41) is 0.477. The quantitative estimate of drug-likeness (QED) is 0.838. The standard InChI is InChI=1S/C18H20ClFN4O2/c19-16-12-7-15(22-14(12)2-1-13(16)20)18(26)23-5-3-10(8-23)17(25)24-6-4-11(21)9-24/h1-2,7,10-11,22H,3-6,8-9,21H2/t10-,11-/m0/s1. The maximum Gasteiger partial charge on any atom is 0.270 e. The molecule has 2 amide bonds. The van der Waals surface area contributed by atoms with Gasteiger partial charge in [-0.15, -0.1) is 0 Å². The van der Waals surface area contributed by atoms with Crippen LogP contribution in [0.2, 0.25) is 5.02 Å². The van der Waals surface area contributed by atoms with Gasteiger partial charge in [0.15, 0.2) is 0 Å². The Morgan fingerprint density at radius 2 is 1.96 bits per heavy atom. The molecule has 1 aromatic heterocycles. The number of hydrogen-bond donors (Lipinski definition) is 2. The molecule has 0 radical (unpaired) electrons. The van der Waals surface area contributed by atoms with Crippen LogP contribution in [-0.2, 0) is 4.79 Å². The fourth-order valence-electron chi connectivity index (χ4n) is 3.82. The first kappa shape index (κ1) is 17.3. The zero-order chi connectivity index (χ0) is 18.4. The Hall–Kier alpha value is -2.12. The first-order chi connectivity index (χ1) is 12.4. The Morgan fingerprint density at radius 1 is 1.19 bits per heavy atom. The van der Waals surface area contributed by atoms with E-state index < -0.39 is 5.82 Å². The number of carbonyl (C=O) groups is 2. The third kappa shape index (κ3) is 2.95. The molecule has 0 saturated carbocycles. The van der Waals surface area contributed by atoms with E-state index in [9.17, 15) is 14.0 Å². The second-order valence-electron chi connectivity index (χ2n) is 7.08. The number of hydrogen-bond acceptors (Lipinski definition) is 3. The lowest BCUT2D eigenvalue weighted by atomic mass is 10.1. The van der Waals surface area contributed by atoms with E-state index in [1.807, 2.05) is 0 Å². The maximum atomic E-state index is 13.6. The van der Waals surface area contributed by atoms with E-state index in [1.165, 1.54) is 6.07 Å². The highest BCUT2D eigenvalue weighted by Gasteiger charge is 2.36. The van der Waals surface area contributed by atoms with Gasteiger partial charge < -0.3 is 20.5 Å². The SMILES string of the molecule is N[C@H]1CCN(C(=O)[C@H]2CCN(C(=O)c3cc4c(Cl)c(F)ccc4[nH]3)C2)C1. The predicted octanol–water partition coefficient (Wildman–Crippen LogP) is 1.98. The molecule has 138 valence electrons. The first-order valence-corrected chi connectivity index (χ1v) is 9.12. The first-order valence-electron chi connectivity index (χ1n) is 8.74. The second-order valence-corrected chi connectivity index (χ2v) is 7.45. The molecule has 0 aliphatic carbocycles. The number of nitrogens with two attached hydrogens (primary N) is 1. The van der Waals surface area contributed by atoms with E-state index in [0.717, 1.165) is 6.42 Å². The summed E-state index contributed by atoms with van der Waals surface area (Å²) in [6.45, 7) is 2.19. The molecule has 3 N–H and O–H groups in total. The lowest BCUT2D eigenvalue weighted by Gasteiger charge is -2.20. The summed E-state index contributed by atoms with van der Waals surface area (Å²) >= 11 is 5.97. The van der Waals surface area contributed by atoms with Crippen LogP contribution in [0.4, 0.5) is 4.39 Å². The van der Waals surface area contributed by atoms with Crippen LogP contribution in [0, 0.1) is 11.7 Å². The molecule has 8 heteroatoms. The van der Waals surface area contributed by atoms with E-state index >= 15 is 0 Å². The van der Waals surface area contributed by atoms with Gasteiger partial charge in [0.05, 0.1) is 10.9 Å². The molecule has 4 rings (SSSR count). The Morgan fingerprint density at radius 3 is 2.69 bits per heavy atom. The smallest absolute Gasteiger partial charge is 0.270 e. The summed E-state index contributed by atoms with van der Waals surface area (Å²) < 4.78 is 13.6. The molecule has 0 unspecified atom stereocenters. The lowest BCUT2D eigenvalue weighted by Crippen LogP contribution is -2.38. The number of H-pyrrole nitrogens is 1. The molecule has 26 heavy (non-hydrogen) atoms. The number of amides is 2. The number of aromatic nitrogens is 1. The number of rotatable bonds is 2. The number of carbonyl (C=O) groups excluding carboxylic acids is 2. The van der Waals surface area contributed by atoms with Crippen molar-refractivity contribution in [2.45, 2.75) is 18.9 Å². The van der Waals surface area contributed by atoms with Crippen LogP contribution in [-0.4, -0.2) is 58.8 Å². The van der Waals surface area contributed by atoms with Gasteiger partial charge in [0.1, 0.15) is 11.5 Å². The molecule has 2 fully saturated rings. The topological polar surface area (TPSA) is 82.4 Å². The van der Waals surface area contributed by atoms with Gasteiger partial charge in [-0.25, -0.2) is 4.39 Å². The van der Waals surface area contributed by atoms with Gasteiger partial charge in [-0.3, -0.25) is 9.59 Å². The van der Waals surface area contributed by atoms with Gasteiger partial charge in [-0.1, -0.05) is 11.6 Å². The average molecular weight is 379 g/mol. The third-order valence-corrected chi connectivity index (χ3v) is 5.67. The summed E-state index contributed by atoms with van der Waals surface area (Å²) in [4.78, 5) is 31.8. The van der Waals surface area contributed by atoms with Gasteiger partial charge in [-0.2, -0.15) is 0 Å². The zero-order valence-electron chi connectivity index (χ0n) is 14.2. The summed E-state index contributed by atoms with van der Waals surface area (Å²) in [6, 6.07) is 4.44. The molecule has 2 aliphatic rings. The Balaban J connectivity index is 1.48. The predicted molar refractivity (Wildman–Crippen MR) is 96.4 cm³/mol. The normalized spacial score (nSPS) is 23.2. The molecular formula is C18H20ClFN4O2. The summed E-state index contributed by atoms with van der Waals surface area (Å²) in [6.07, 6.45) is 1.47. The van der Waals surface area contributed by atoms with Gasteiger partial charge in [0, 0.05) is 43.1 Å². The van der Waals surface area contributed by atoms with Crippen LogP contribution in [0.3, 0.4) is 0 Å². The van der Waals surface area contributed by atoms with Crippen molar-refractivity contribution >= 4 is 34.3 Å². The van der Waals surface area contributed by atoms with Crippen molar-refractivity contribution in [2.24, 2.45) is 11.7 Å². The average Bonchev–Trinajstić information content (AvgIpc) is 3.36. The van der Waals surface area contributed by atoms with E-state index in [4.69, 9.17) is 17.3 Å². The molecule has 0 bridgehead atoms. The largest absolute Gasteiger partial charge is 0.350 e. The van der Waals surface area contributed by atoms with Crippen molar-refractivity contribution in [2.75, 3.05) is 26.2 Å². The lowest BCUT2D eigenvalue weighted by molar-refractivity contribution is -0.134. The van der Waals surface area contributed by atoms with Crippen LogP contribution in [0.1, 0.15) is 23.3 Å². The van der Waals surface area contributed by atoms with Crippen LogP contribution < -0.4 is 5.73 Å². The van der Waals surface area contributed by atoms with Crippen LogP contribution in [0.25, 0.3) is 10.9 Å². The highest BCUT2D eigenvalue weighted by molar-refractivity contribution is 6.35. The van der Waals surface area contributed by atoms with Crippen molar-refractivity contribution in [3.05, 3.63) is 34.7 Å². The molecular weight excluding hydrogens is 359 g/mol. The Kier molecular flexibility index (Phi) is 4.36. The minimum Gasteiger partial charge on any atom is -0.350 e.